The van der Waals surface area contributed by atoms with Crippen LogP contribution >= 0.6 is 15.9 Å². The summed E-state index contributed by atoms with van der Waals surface area (Å²) in [6.45, 7) is 2.68. The Morgan fingerprint density at radius 1 is 1.10 bits per heavy atom. The third kappa shape index (κ3) is 5.29. The van der Waals surface area contributed by atoms with Gasteiger partial charge in [-0.05, 0) is 42.8 Å². The van der Waals surface area contributed by atoms with Crippen LogP contribution in [-0.4, -0.2) is 18.2 Å². The second-order valence-electron chi connectivity index (χ2n) is 6.76. The molecule has 1 aromatic heterocycles. The van der Waals surface area contributed by atoms with Crippen LogP contribution < -0.4 is 31.0 Å². The number of hydrogen-bond acceptors (Lipinski definition) is 4. The monoisotopic (exact) mass is 543 g/mol. The topological polar surface area (TPSA) is 56.5 Å². The number of rotatable bonds is 6. The van der Waals surface area contributed by atoms with Gasteiger partial charge < -0.3 is 26.5 Å². The van der Waals surface area contributed by atoms with Crippen molar-refractivity contribution >= 4 is 33.6 Å². The lowest BCUT2D eigenvalue weighted by molar-refractivity contribution is -0.683. The second-order valence-corrected chi connectivity index (χ2v) is 7.68. The van der Waals surface area contributed by atoms with E-state index in [9.17, 15) is 9.59 Å². The first-order chi connectivity index (χ1) is 14.5. The first-order valence-electron chi connectivity index (χ1n) is 9.52. The molecule has 3 aromatic rings. The van der Waals surface area contributed by atoms with Crippen molar-refractivity contribution in [2.45, 2.75) is 13.5 Å². The Morgan fingerprint density at radius 3 is 2.48 bits per heavy atom. The maximum Gasteiger partial charge on any atom is 0.231 e. The molecule has 4 rings (SSSR count). The number of fused-ring (bicyclic) bond motifs is 1. The number of carbonyl (C=O) groups is 2. The molecule has 0 saturated carbocycles. The molecule has 1 aliphatic heterocycles. The molecule has 1 aliphatic rings. The van der Waals surface area contributed by atoms with Gasteiger partial charge in [0.05, 0.1) is 12.2 Å². The van der Waals surface area contributed by atoms with Gasteiger partial charge in [0, 0.05) is 28.2 Å². The molecule has 158 valence electrons. The number of pyridine rings is 1. The lowest BCUT2D eigenvalue weighted by Gasteiger charge is -2.03. The largest absolute Gasteiger partial charge is 1.00 e. The van der Waals surface area contributed by atoms with E-state index < -0.39 is 0 Å². The summed E-state index contributed by atoms with van der Waals surface area (Å²) in [6, 6.07) is 16.2. The van der Waals surface area contributed by atoms with Crippen molar-refractivity contribution in [1.82, 2.24) is 0 Å². The maximum atomic E-state index is 12.6. The van der Waals surface area contributed by atoms with Crippen LogP contribution in [0.5, 0.6) is 11.5 Å². The van der Waals surface area contributed by atoms with Crippen LogP contribution in [0.4, 0.5) is 0 Å². The minimum atomic E-state index is -0.157. The van der Waals surface area contributed by atoms with Gasteiger partial charge in [0.2, 0.25) is 18.1 Å². The molecule has 31 heavy (non-hydrogen) atoms. The first-order valence-corrected chi connectivity index (χ1v) is 10.3. The fourth-order valence-corrected chi connectivity index (χ4v) is 3.40. The van der Waals surface area contributed by atoms with Gasteiger partial charge >= 0.3 is 0 Å². The van der Waals surface area contributed by atoms with Gasteiger partial charge in [-0.15, -0.1) is 0 Å². The van der Waals surface area contributed by atoms with E-state index >= 15 is 0 Å². The average Bonchev–Trinajstić information content (AvgIpc) is 3.05. The molecule has 0 atom stereocenters. The van der Waals surface area contributed by atoms with Crippen LogP contribution in [0.3, 0.4) is 0 Å². The van der Waals surface area contributed by atoms with Crippen LogP contribution in [0.1, 0.15) is 33.2 Å². The molecule has 0 amide bonds. The molecule has 0 fully saturated rings. The third-order valence-electron chi connectivity index (χ3n) is 4.66. The predicted octanol–water partition coefficient (Wildman–Crippen LogP) is 1.64. The minimum Gasteiger partial charge on any atom is -1.00 e. The zero-order valence-electron chi connectivity index (χ0n) is 16.7. The summed E-state index contributed by atoms with van der Waals surface area (Å²) < 4.78 is 13.9. The van der Waals surface area contributed by atoms with Crippen molar-refractivity contribution < 1.29 is 40.6 Å². The molecule has 2 aromatic carbocycles. The first kappa shape index (κ1) is 22.9. The summed E-state index contributed by atoms with van der Waals surface area (Å²) in [7, 11) is 0. The van der Waals surface area contributed by atoms with Crippen LogP contribution in [0.25, 0.3) is 6.08 Å². The van der Waals surface area contributed by atoms with Crippen LogP contribution in [0.2, 0.25) is 0 Å². The SMILES string of the molecule is CCOc1ccc2c(c1)O/C(=C\c1cc[n+](CC(=O)c3ccc(Br)cc3)cc1)C2=O.[Br-]. The summed E-state index contributed by atoms with van der Waals surface area (Å²) in [5, 5.41) is 0. The molecule has 0 aliphatic carbocycles. The fourth-order valence-electron chi connectivity index (χ4n) is 3.14. The van der Waals surface area contributed by atoms with Gasteiger partial charge in [-0.3, -0.25) is 9.59 Å². The zero-order valence-corrected chi connectivity index (χ0v) is 19.9. The van der Waals surface area contributed by atoms with Gasteiger partial charge in [-0.2, -0.15) is 4.57 Å². The van der Waals surface area contributed by atoms with Crippen molar-refractivity contribution in [3.05, 3.63) is 93.9 Å². The number of hydrogen-bond donors (Lipinski definition) is 0. The Kier molecular flexibility index (Phi) is 7.41. The van der Waals surface area contributed by atoms with E-state index in [1.54, 1.807) is 41.0 Å². The standard InChI is InChI=1S/C24H19BrNO4.BrH/c1-2-29-19-7-8-20-22(14-19)30-23(24(20)28)13-16-9-11-26(12-10-16)15-21(27)17-3-5-18(25)6-4-17;/h3-14H,2,15H2,1H3;1H/q+1;/p-1/b23-13-;. The maximum absolute atomic E-state index is 12.6. The van der Waals surface area contributed by atoms with E-state index in [-0.39, 0.29) is 40.9 Å². The summed E-state index contributed by atoms with van der Waals surface area (Å²) >= 11 is 3.37. The molecule has 0 spiro atoms. The quantitative estimate of drug-likeness (QED) is 0.269. The number of ether oxygens (including phenoxy) is 2. The summed E-state index contributed by atoms with van der Waals surface area (Å²) in [6.07, 6.45) is 5.31. The Morgan fingerprint density at radius 2 is 1.81 bits per heavy atom. The van der Waals surface area contributed by atoms with Gasteiger partial charge in [0.1, 0.15) is 11.5 Å². The predicted molar refractivity (Wildman–Crippen MR) is 116 cm³/mol. The number of ketones is 2. The summed E-state index contributed by atoms with van der Waals surface area (Å²) in [5.41, 5.74) is 1.99. The van der Waals surface area contributed by atoms with Crippen molar-refractivity contribution in [2.75, 3.05) is 6.61 Å². The highest BCUT2D eigenvalue weighted by Crippen LogP contribution is 2.34. The van der Waals surface area contributed by atoms with Crippen molar-refractivity contribution in [3.8, 4) is 11.5 Å². The van der Waals surface area contributed by atoms with Crippen LogP contribution in [0.15, 0.2) is 77.2 Å². The highest BCUT2D eigenvalue weighted by molar-refractivity contribution is 9.10. The van der Waals surface area contributed by atoms with E-state index in [0.29, 0.717) is 29.2 Å². The number of aromatic nitrogens is 1. The Bertz CT molecular complexity index is 1140. The second kappa shape index (κ2) is 10.0. The molecular formula is C24H19Br2NO4. The molecular weight excluding hydrogens is 526 g/mol. The van der Waals surface area contributed by atoms with Crippen LogP contribution in [0, 0.1) is 0 Å². The lowest BCUT2D eigenvalue weighted by atomic mass is 10.1. The van der Waals surface area contributed by atoms with Gasteiger partial charge in [-0.25, -0.2) is 0 Å². The normalized spacial score (nSPS) is 13.4. The number of benzene rings is 2. The van der Waals surface area contributed by atoms with Crippen molar-refractivity contribution in [1.29, 1.82) is 0 Å². The Hall–Kier alpha value is -2.77. The smallest absolute Gasteiger partial charge is 0.231 e. The van der Waals surface area contributed by atoms with E-state index in [0.717, 1.165) is 10.0 Å². The molecule has 5 nitrogen and oxygen atoms in total. The van der Waals surface area contributed by atoms with Crippen molar-refractivity contribution in [3.63, 3.8) is 0 Å². The number of halogens is 2. The Balaban J connectivity index is 0.00000272. The summed E-state index contributed by atoms with van der Waals surface area (Å²) in [5.74, 6) is 1.30. The third-order valence-corrected chi connectivity index (χ3v) is 5.19. The minimum absolute atomic E-state index is 0. The molecule has 0 radical (unpaired) electrons. The molecule has 0 unspecified atom stereocenters. The summed E-state index contributed by atoms with van der Waals surface area (Å²) in [4.78, 5) is 25.0. The van der Waals surface area contributed by atoms with Crippen molar-refractivity contribution in [2.24, 2.45) is 0 Å². The number of Topliss-reactive ketones (excluding diaryl/α,β-unsaturated/α-hetero) is 2. The number of allylic oxidation sites excluding steroid dienone is 1. The molecule has 2 heterocycles. The van der Waals surface area contributed by atoms with Crippen LogP contribution in [-0.2, 0) is 6.54 Å². The fraction of sp³-hybridized carbons (Fsp3) is 0.125. The zero-order chi connectivity index (χ0) is 21.1. The number of nitrogens with zero attached hydrogens (tertiary/aromatic N) is 1. The Labute approximate surface area is 199 Å². The van der Waals surface area contributed by atoms with E-state index in [4.69, 9.17) is 9.47 Å². The average molecular weight is 545 g/mol. The molecule has 0 saturated heterocycles. The highest BCUT2D eigenvalue weighted by atomic mass is 79.9. The van der Waals surface area contributed by atoms with Gasteiger partial charge in [0.15, 0.2) is 18.2 Å². The van der Waals surface area contributed by atoms with Gasteiger partial charge in [-0.1, -0.05) is 28.1 Å². The van der Waals surface area contributed by atoms with E-state index in [1.165, 1.54) is 0 Å². The van der Waals surface area contributed by atoms with Gasteiger partial charge in [0.25, 0.3) is 0 Å². The van der Waals surface area contributed by atoms with E-state index in [1.807, 2.05) is 43.6 Å². The molecule has 7 heteroatoms. The highest BCUT2D eigenvalue weighted by Gasteiger charge is 2.27. The van der Waals surface area contributed by atoms with E-state index in [2.05, 4.69) is 15.9 Å². The molecule has 0 bridgehead atoms. The lowest BCUT2D eigenvalue weighted by Crippen LogP contribution is -3.00. The molecule has 0 N–H and O–H groups in total. The number of carbonyl (C=O) groups excluding carboxylic acids is 2.